The minimum Gasteiger partial charge on any atom is -0.495 e. The maximum absolute atomic E-state index is 10.5. The molecule has 0 spiro atoms. The predicted octanol–water partition coefficient (Wildman–Crippen LogP) is 3.18. The largest absolute Gasteiger partial charge is 0.495 e. The van der Waals surface area contributed by atoms with Crippen molar-refractivity contribution in [2.24, 2.45) is 11.8 Å². The van der Waals surface area contributed by atoms with Crippen molar-refractivity contribution in [1.29, 1.82) is 0 Å². The zero-order valence-electron chi connectivity index (χ0n) is 14.9. The van der Waals surface area contributed by atoms with Gasteiger partial charge in [-0.15, -0.1) is 0 Å². The third kappa shape index (κ3) is 6.01. The molecule has 0 aromatic carbocycles. The van der Waals surface area contributed by atoms with Crippen LogP contribution in [0.1, 0.15) is 51.9 Å². The van der Waals surface area contributed by atoms with Gasteiger partial charge in [-0.3, -0.25) is 4.79 Å². The second-order valence-corrected chi connectivity index (χ2v) is 6.93. The minimum absolute atomic E-state index is 0.000255. The van der Waals surface area contributed by atoms with Crippen molar-refractivity contribution in [2.75, 3.05) is 0 Å². The number of hydrogen-bond acceptors (Lipinski definition) is 4. The Labute approximate surface area is 149 Å². The summed E-state index contributed by atoms with van der Waals surface area (Å²) in [6.45, 7) is 2.06. The van der Waals surface area contributed by atoms with Crippen molar-refractivity contribution in [3.63, 3.8) is 0 Å². The molecule has 2 aliphatic rings. The quantitative estimate of drug-likeness (QED) is 0.439. The molecule has 140 valence electrons. The van der Waals surface area contributed by atoms with E-state index in [0.29, 0.717) is 25.7 Å². The predicted molar refractivity (Wildman–Crippen MR) is 95.9 cm³/mol. The number of unbranched alkanes of at least 4 members (excludes halogenated alkanes) is 1. The first kappa shape index (κ1) is 19.7. The summed E-state index contributed by atoms with van der Waals surface area (Å²) in [4.78, 5) is 10.5. The van der Waals surface area contributed by atoms with Gasteiger partial charge >= 0.3 is 5.97 Å². The van der Waals surface area contributed by atoms with Crippen LogP contribution in [0.15, 0.2) is 36.1 Å². The highest BCUT2D eigenvalue weighted by Crippen LogP contribution is 2.45. The monoisotopic (exact) mass is 350 g/mol. The molecule has 5 nitrogen and oxygen atoms in total. The summed E-state index contributed by atoms with van der Waals surface area (Å²) in [5.74, 6) is 0.371. The number of fused-ring (bicyclic) bond motifs is 1. The van der Waals surface area contributed by atoms with Crippen LogP contribution >= 0.6 is 0 Å². The molecule has 0 radical (unpaired) electrons. The van der Waals surface area contributed by atoms with Gasteiger partial charge in [0.15, 0.2) is 0 Å². The van der Waals surface area contributed by atoms with Gasteiger partial charge in [0.2, 0.25) is 0 Å². The summed E-state index contributed by atoms with van der Waals surface area (Å²) in [6.07, 6.45) is 13.2. The number of aliphatic hydroxyl groups excluding tert-OH is 2. The van der Waals surface area contributed by atoms with Crippen LogP contribution in [0, 0.1) is 11.8 Å². The van der Waals surface area contributed by atoms with Gasteiger partial charge in [0, 0.05) is 31.1 Å². The molecule has 2 fully saturated rings. The fourth-order valence-corrected chi connectivity index (χ4v) is 3.64. The van der Waals surface area contributed by atoms with Crippen LogP contribution in [0.3, 0.4) is 0 Å². The summed E-state index contributed by atoms with van der Waals surface area (Å²) >= 11 is 0. The molecule has 1 aliphatic heterocycles. The molecule has 25 heavy (non-hydrogen) atoms. The number of aliphatic carboxylic acids is 1. The van der Waals surface area contributed by atoms with Gasteiger partial charge in [-0.1, -0.05) is 31.2 Å². The maximum atomic E-state index is 10.5. The van der Waals surface area contributed by atoms with Crippen LogP contribution < -0.4 is 0 Å². The summed E-state index contributed by atoms with van der Waals surface area (Å²) in [5, 5.41) is 28.9. The van der Waals surface area contributed by atoms with Crippen LogP contribution in [-0.2, 0) is 9.53 Å². The van der Waals surface area contributed by atoms with E-state index in [9.17, 15) is 15.0 Å². The van der Waals surface area contributed by atoms with Crippen LogP contribution in [0.4, 0.5) is 0 Å². The Morgan fingerprint density at radius 3 is 2.92 bits per heavy atom. The Bertz CT molecular complexity index is 522. The van der Waals surface area contributed by atoms with E-state index in [2.05, 4.69) is 6.92 Å². The number of carboxylic acids is 1. The first-order chi connectivity index (χ1) is 12.0. The molecule has 1 heterocycles. The fraction of sp³-hybridized carbons (Fsp3) is 0.650. The van der Waals surface area contributed by atoms with Crippen LogP contribution in [0.2, 0.25) is 0 Å². The highest BCUT2D eigenvalue weighted by Gasteiger charge is 2.46. The van der Waals surface area contributed by atoms with Gasteiger partial charge in [-0.25, -0.2) is 0 Å². The lowest BCUT2D eigenvalue weighted by Crippen LogP contribution is -2.17. The molecule has 3 unspecified atom stereocenters. The van der Waals surface area contributed by atoms with Crippen molar-refractivity contribution in [3.05, 3.63) is 36.1 Å². The van der Waals surface area contributed by atoms with E-state index in [1.807, 2.05) is 24.3 Å². The highest BCUT2D eigenvalue weighted by molar-refractivity contribution is 5.66. The molecule has 0 aromatic heterocycles. The van der Waals surface area contributed by atoms with Crippen LogP contribution in [0.5, 0.6) is 0 Å². The third-order valence-corrected chi connectivity index (χ3v) is 4.93. The summed E-state index contributed by atoms with van der Waals surface area (Å²) in [6, 6.07) is 0. The maximum Gasteiger partial charge on any atom is 0.303 e. The van der Waals surface area contributed by atoms with E-state index < -0.39 is 18.2 Å². The van der Waals surface area contributed by atoms with Crippen molar-refractivity contribution >= 4 is 5.97 Å². The molecule has 5 heteroatoms. The lowest BCUT2D eigenvalue weighted by atomic mass is 9.90. The lowest BCUT2D eigenvalue weighted by molar-refractivity contribution is -0.137. The van der Waals surface area contributed by atoms with E-state index in [1.54, 1.807) is 6.08 Å². The Kier molecular flexibility index (Phi) is 7.72. The minimum atomic E-state index is -0.775. The smallest absolute Gasteiger partial charge is 0.303 e. The number of hydrogen-bond donors (Lipinski definition) is 3. The van der Waals surface area contributed by atoms with Crippen molar-refractivity contribution in [3.8, 4) is 0 Å². The topological polar surface area (TPSA) is 87.0 Å². The van der Waals surface area contributed by atoms with E-state index >= 15 is 0 Å². The van der Waals surface area contributed by atoms with Crippen LogP contribution in [0.25, 0.3) is 0 Å². The Balaban J connectivity index is 1.86. The second-order valence-electron chi connectivity index (χ2n) is 6.93. The molecule has 2 rings (SSSR count). The Morgan fingerprint density at radius 1 is 1.40 bits per heavy atom. The first-order valence-electron chi connectivity index (χ1n) is 9.28. The molecule has 0 bridgehead atoms. The zero-order chi connectivity index (χ0) is 18.2. The number of ether oxygens (including phenoxy) is 1. The van der Waals surface area contributed by atoms with Gasteiger partial charge in [0.05, 0.1) is 18.0 Å². The van der Waals surface area contributed by atoms with Gasteiger partial charge in [0.25, 0.3) is 0 Å². The molecule has 1 aliphatic carbocycles. The molecule has 3 N–H and O–H groups in total. The second kappa shape index (κ2) is 9.78. The fourth-order valence-electron chi connectivity index (χ4n) is 3.64. The summed E-state index contributed by atoms with van der Waals surface area (Å²) in [5.41, 5.74) is 0. The molecule has 1 saturated heterocycles. The van der Waals surface area contributed by atoms with E-state index in [0.717, 1.165) is 18.6 Å². The van der Waals surface area contributed by atoms with Crippen molar-refractivity contribution in [2.45, 2.75) is 70.2 Å². The Morgan fingerprint density at radius 2 is 2.20 bits per heavy atom. The molecular formula is C20H30O5. The van der Waals surface area contributed by atoms with Gasteiger partial charge in [-0.05, 0) is 31.8 Å². The van der Waals surface area contributed by atoms with Crippen molar-refractivity contribution < 1.29 is 24.9 Å². The molecule has 1 saturated carbocycles. The zero-order valence-corrected chi connectivity index (χ0v) is 14.9. The number of allylic oxidation sites excluding steroid dienone is 3. The SMILES string of the molecule is CC/C=C\CC(O)/C=C/[C@H]1C(O)CC2O/C(=C\CCCC(=O)O)C[C@@H]21. The Hall–Kier alpha value is -1.59. The number of aliphatic hydroxyl groups is 2. The van der Waals surface area contributed by atoms with E-state index in [-0.39, 0.29) is 24.4 Å². The van der Waals surface area contributed by atoms with E-state index in [4.69, 9.17) is 9.84 Å². The average molecular weight is 350 g/mol. The first-order valence-corrected chi connectivity index (χ1v) is 9.28. The normalized spacial score (nSPS) is 31.7. The third-order valence-electron chi connectivity index (χ3n) is 4.93. The average Bonchev–Trinajstić information content (AvgIpc) is 3.06. The lowest BCUT2D eigenvalue weighted by Gasteiger charge is -2.15. The van der Waals surface area contributed by atoms with Gasteiger partial charge < -0.3 is 20.1 Å². The number of carboxylic acid groups (broad SMARTS) is 1. The highest BCUT2D eigenvalue weighted by atomic mass is 16.5. The summed E-state index contributed by atoms with van der Waals surface area (Å²) < 4.78 is 5.93. The van der Waals surface area contributed by atoms with Gasteiger partial charge in [0.1, 0.15) is 6.10 Å². The van der Waals surface area contributed by atoms with Gasteiger partial charge in [-0.2, -0.15) is 0 Å². The standard InChI is InChI=1S/C20H30O5/c1-2-3-4-7-14(21)10-11-16-17-12-15(8-5-6-9-20(23)24)25-19(17)13-18(16)22/h3-4,8,10-11,14,16-19,21-22H,2,5-7,9,12-13H2,1H3,(H,23,24)/b4-3-,11-10+,15-8-/t14?,16-,17-,18?,19?/m1/s1. The molecular weight excluding hydrogens is 320 g/mol. The number of rotatable bonds is 9. The van der Waals surface area contributed by atoms with Crippen molar-refractivity contribution in [1.82, 2.24) is 0 Å². The number of carbonyl (C=O) groups is 1. The molecule has 5 atom stereocenters. The van der Waals surface area contributed by atoms with E-state index in [1.165, 1.54) is 0 Å². The molecule has 0 aromatic rings. The molecule has 0 amide bonds. The van der Waals surface area contributed by atoms with Crippen LogP contribution in [-0.4, -0.2) is 39.6 Å². The summed E-state index contributed by atoms with van der Waals surface area (Å²) in [7, 11) is 0.